The van der Waals surface area contributed by atoms with Gasteiger partial charge in [-0.1, -0.05) is 23.7 Å². The van der Waals surface area contributed by atoms with Crippen LogP contribution in [0.1, 0.15) is 16.7 Å². The molecular formula is C21H22ClF3N4O. The number of alkyl halides is 3. The van der Waals surface area contributed by atoms with Gasteiger partial charge < -0.3 is 15.1 Å². The number of piperazine rings is 1. The van der Waals surface area contributed by atoms with Gasteiger partial charge in [0.2, 0.25) is 5.91 Å². The molecule has 160 valence electrons. The molecule has 1 aromatic heterocycles. The van der Waals surface area contributed by atoms with Crippen molar-refractivity contribution in [3.63, 3.8) is 0 Å². The van der Waals surface area contributed by atoms with Gasteiger partial charge in [0.1, 0.15) is 5.82 Å². The molecule has 1 fully saturated rings. The van der Waals surface area contributed by atoms with Crippen LogP contribution >= 0.6 is 11.6 Å². The molecule has 1 aromatic carbocycles. The molecule has 3 rings (SSSR count). The third-order valence-electron chi connectivity index (χ3n) is 4.85. The molecule has 5 nitrogen and oxygen atoms in total. The molecule has 0 atom stereocenters. The fraction of sp³-hybridized carbons (Fsp3) is 0.333. The van der Waals surface area contributed by atoms with Crippen molar-refractivity contribution >= 4 is 29.4 Å². The third-order valence-corrected chi connectivity index (χ3v) is 5.18. The molecule has 1 aliphatic rings. The number of rotatable bonds is 5. The first-order valence-corrected chi connectivity index (χ1v) is 9.82. The average Bonchev–Trinajstić information content (AvgIpc) is 2.71. The summed E-state index contributed by atoms with van der Waals surface area (Å²) in [4.78, 5) is 21.1. The molecule has 0 radical (unpaired) electrons. The number of anilines is 1. The van der Waals surface area contributed by atoms with Gasteiger partial charge in [-0.05, 0) is 36.9 Å². The van der Waals surface area contributed by atoms with E-state index in [1.54, 1.807) is 6.20 Å². The first kappa shape index (κ1) is 22.1. The summed E-state index contributed by atoms with van der Waals surface area (Å²) in [5.74, 6) is 0.425. The van der Waals surface area contributed by atoms with Gasteiger partial charge >= 0.3 is 6.18 Å². The monoisotopic (exact) mass is 438 g/mol. The van der Waals surface area contributed by atoms with Gasteiger partial charge in [0.15, 0.2) is 0 Å². The van der Waals surface area contributed by atoms with E-state index in [2.05, 4.69) is 27.1 Å². The van der Waals surface area contributed by atoms with Gasteiger partial charge in [0, 0.05) is 50.6 Å². The van der Waals surface area contributed by atoms with Gasteiger partial charge in [-0.3, -0.25) is 4.79 Å². The predicted molar refractivity (Wildman–Crippen MR) is 111 cm³/mol. The minimum absolute atomic E-state index is 0.237. The fourth-order valence-electron chi connectivity index (χ4n) is 3.15. The maximum atomic E-state index is 12.9. The molecule has 1 amide bonds. The predicted octanol–water partition coefficient (Wildman–Crippen LogP) is 3.84. The Balaban J connectivity index is 1.63. The number of hydrogen-bond acceptors (Lipinski definition) is 4. The minimum atomic E-state index is -4.55. The Morgan fingerprint density at radius 2 is 1.97 bits per heavy atom. The Morgan fingerprint density at radius 1 is 1.23 bits per heavy atom. The van der Waals surface area contributed by atoms with E-state index in [4.69, 9.17) is 11.6 Å². The van der Waals surface area contributed by atoms with E-state index in [0.29, 0.717) is 0 Å². The molecule has 1 saturated heterocycles. The number of benzene rings is 1. The molecule has 9 heteroatoms. The molecule has 2 aromatic rings. The van der Waals surface area contributed by atoms with E-state index in [-0.39, 0.29) is 17.1 Å². The molecule has 0 aliphatic carbocycles. The quantitative estimate of drug-likeness (QED) is 0.721. The van der Waals surface area contributed by atoms with Crippen LogP contribution in [-0.2, 0) is 17.5 Å². The van der Waals surface area contributed by atoms with Crippen molar-refractivity contribution in [2.45, 2.75) is 12.7 Å². The highest BCUT2D eigenvalue weighted by molar-refractivity contribution is 6.31. The highest BCUT2D eigenvalue weighted by atomic mass is 35.5. The van der Waals surface area contributed by atoms with Crippen LogP contribution < -0.4 is 10.2 Å². The zero-order valence-corrected chi connectivity index (χ0v) is 17.2. The lowest BCUT2D eigenvalue weighted by molar-refractivity contribution is -0.137. The maximum absolute atomic E-state index is 12.9. The summed E-state index contributed by atoms with van der Waals surface area (Å²) in [7, 11) is 2.07. The largest absolute Gasteiger partial charge is 0.417 e. The first-order valence-electron chi connectivity index (χ1n) is 9.44. The fourth-order valence-corrected chi connectivity index (χ4v) is 3.37. The lowest BCUT2D eigenvalue weighted by Crippen LogP contribution is -2.45. The van der Waals surface area contributed by atoms with Crippen LogP contribution in [0, 0.1) is 0 Å². The Kier molecular flexibility index (Phi) is 6.99. The van der Waals surface area contributed by atoms with Crippen molar-refractivity contribution < 1.29 is 18.0 Å². The normalized spacial score (nSPS) is 15.6. The van der Waals surface area contributed by atoms with Crippen LogP contribution in [0.25, 0.3) is 6.08 Å². The van der Waals surface area contributed by atoms with E-state index in [1.165, 1.54) is 24.3 Å². The van der Waals surface area contributed by atoms with Crippen molar-refractivity contribution in [2.24, 2.45) is 0 Å². The maximum Gasteiger partial charge on any atom is 0.417 e. The van der Waals surface area contributed by atoms with E-state index in [0.717, 1.165) is 43.6 Å². The highest BCUT2D eigenvalue weighted by Crippen LogP contribution is 2.35. The number of aromatic nitrogens is 1. The number of pyridine rings is 1. The number of amides is 1. The summed E-state index contributed by atoms with van der Waals surface area (Å²) in [6, 6.07) is 7.22. The second kappa shape index (κ2) is 9.49. The Hall–Kier alpha value is -2.58. The van der Waals surface area contributed by atoms with Crippen molar-refractivity contribution in [2.75, 3.05) is 38.1 Å². The Morgan fingerprint density at radius 3 is 2.67 bits per heavy atom. The van der Waals surface area contributed by atoms with Gasteiger partial charge in [-0.15, -0.1) is 0 Å². The molecule has 0 bridgehead atoms. The van der Waals surface area contributed by atoms with Crippen LogP contribution in [0.3, 0.4) is 0 Å². The van der Waals surface area contributed by atoms with E-state index < -0.39 is 17.6 Å². The van der Waals surface area contributed by atoms with Gasteiger partial charge in [0.05, 0.1) is 10.6 Å². The average molecular weight is 439 g/mol. The zero-order valence-electron chi connectivity index (χ0n) is 16.4. The van der Waals surface area contributed by atoms with Crippen molar-refractivity contribution in [1.82, 2.24) is 15.2 Å². The summed E-state index contributed by atoms with van der Waals surface area (Å²) in [5, 5.41) is 2.38. The van der Waals surface area contributed by atoms with Gasteiger partial charge in [-0.2, -0.15) is 13.2 Å². The minimum Gasteiger partial charge on any atom is -0.354 e. The number of carbonyl (C=O) groups excluding carboxylic acids is 1. The van der Waals surface area contributed by atoms with Crippen molar-refractivity contribution in [1.29, 1.82) is 0 Å². The number of carbonyl (C=O) groups is 1. The van der Waals surface area contributed by atoms with Crippen LogP contribution in [0.5, 0.6) is 0 Å². The summed E-state index contributed by atoms with van der Waals surface area (Å²) in [6.45, 7) is 3.85. The van der Waals surface area contributed by atoms with Crippen LogP contribution in [0.4, 0.5) is 19.0 Å². The van der Waals surface area contributed by atoms with Crippen LogP contribution in [0.2, 0.25) is 5.02 Å². The second-order valence-corrected chi connectivity index (χ2v) is 7.47. The lowest BCUT2D eigenvalue weighted by Gasteiger charge is -2.34. The summed E-state index contributed by atoms with van der Waals surface area (Å²) >= 11 is 5.61. The molecule has 2 heterocycles. The smallest absolute Gasteiger partial charge is 0.354 e. The van der Waals surface area contributed by atoms with Gasteiger partial charge in [0.25, 0.3) is 0 Å². The number of halogens is 4. The van der Waals surface area contributed by atoms with E-state index in [1.807, 2.05) is 12.1 Å². The summed E-state index contributed by atoms with van der Waals surface area (Å²) in [6.07, 6.45) is -0.304. The summed E-state index contributed by atoms with van der Waals surface area (Å²) < 4.78 is 38.8. The SMILES string of the molecule is CN1CCN(c2ncccc2CNC(=O)/C=C/c2ccc(Cl)c(C(F)(F)F)c2)CC1. The molecule has 0 unspecified atom stereocenters. The molecular weight excluding hydrogens is 417 g/mol. The second-order valence-electron chi connectivity index (χ2n) is 7.06. The molecule has 0 spiro atoms. The molecule has 30 heavy (non-hydrogen) atoms. The van der Waals surface area contributed by atoms with E-state index >= 15 is 0 Å². The molecule has 0 saturated carbocycles. The van der Waals surface area contributed by atoms with Crippen molar-refractivity contribution in [3.05, 3.63) is 64.3 Å². The topological polar surface area (TPSA) is 48.5 Å². The number of nitrogens with zero attached hydrogens (tertiary/aromatic N) is 3. The van der Waals surface area contributed by atoms with Crippen LogP contribution in [0.15, 0.2) is 42.6 Å². The van der Waals surface area contributed by atoms with Gasteiger partial charge in [-0.25, -0.2) is 4.98 Å². The number of hydrogen-bond donors (Lipinski definition) is 1. The molecule has 1 aliphatic heterocycles. The zero-order chi connectivity index (χ0) is 21.7. The Bertz CT molecular complexity index is 925. The number of nitrogens with one attached hydrogen (secondary N) is 1. The van der Waals surface area contributed by atoms with Crippen LogP contribution in [-0.4, -0.2) is 49.0 Å². The standard InChI is InChI=1S/C21H22ClF3N4O/c1-28-9-11-29(12-10-28)20-16(3-2-8-26-20)14-27-19(30)7-5-15-4-6-18(22)17(13-15)21(23,24)25/h2-8,13H,9-12,14H2,1H3,(H,27,30)/b7-5+. The summed E-state index contributed by atoms with van der Waals surface area (Å²) in [5.41, 5.74) is 0.190. The van der Waals surface area contributed by atoms with Crippen molar-refractivity contribution in [3.8, 4) is 0 Å². The molecule has 1 N–H and O–H groups in total. The van der Waals surface area contributed by atoms with E-state index in [9.17, 15) is 18.0 Å². The number of likely N-dealkylation sites (N-methyl/N-ethyl adjacent to an activating group) is 1. The first-order chi connectivity index (χ1) is 14.2. The lowest BCUT2D eigenvalue weighted by atomic mass is 10.1. The Labute approximate surface area is 178 Å². The third kappa shape index (κ3) is 5.73. The highest BCUT2D eigenvalue weighted by Gasteiger charge is 2.33.